The Morgan fingerprint density at radius 3 is 1.25 bits per heavy atom. The molecule has 0 unspecified atom stereocenters. The summed E-state index contributed by atoms with van der Waals surface area (Å²) in [5.74, 6) is 0. The third kappa shape index (κ3) is 8.87. The zero-order valence-corrected chi connectivity index (χ0v) is 8.18. The average molecular weight is 239 g/mol. The van der Waals surface area contributed by atoms with Gasteiger partial charge in [0.1, 0.15) is 0 Å². The molecule has 4 heavy (non-hydrogen) atoms. The van der Waals surface area contributed by atoms with Crippen molar-refractivity contribution in [2.45, 2.75) is 0 Å². The molecule has 0 aliphatic rings. The van der Waals surface area contributed by atoms with Crippen LogP contribution in [0.5, 0.6) is 0 Å². The first kappa shape index (κ1) is 16.3. The van der Waals surface area contributed by atoms with Gasteiger partial charge in [-0.25, -0.2) is 0 Å². The van der Waals surface area contributed by atoms with Gasteiger partial charge in [0.15, 0.2) is 0 Å². The molecular weight excluding hydrogens is 237 g/mol. The SMILES string of the molecule is [AlH2][Mo].[Fe].[Ni]. The van der Waals surface area contributed by atoms with Gasteiger partial charge in [-0.3, -0.25) is 0 Å². The standard InChI is InChI=1S/Al.Fe.Mo.Ni.2H. The van der Waals surface area contributed by atoms with Crippen LogP contribution < -0.4 is 0 Å². The van der Waals surface area contributed by atoms with Crippen molar-refractivity contribution in [1.29, 1.82) is 0 Å². The topological polar surface area (TPSA) is 0 Å². The Kier molecular flexibility index (Phi) is 76.8. The Balaban J connectivity index is -0.00000000500. The molecule has 0 aromatic carbocycles. The molecule has 0 atom stereocenters. The van der Waals surface area contributed by atoms with E-state index in [-0.39, 0.29) is 33.6 Å². The van der Waals surface area contributed by atoms with Crippen LogP contribution >= 0.6 is 0 Å². The van der Waals surface area contributed by atoms with Gasteiger partial charge in [-0.2, -0.15) is 0 Å². The van der Waals surface area contributed by atoms with Crippen LogP contribution in [0.1, 0.15) is 0 Å². The van der Waals surface area contributed by atoms with Crippen molar-refractivity contribution in [2.24, 2.45) is 0 Å². The predicted molar refractivity (Wildman–Crippen MR) is 8.54 cm³/mol. The maximum Gasteiger partial charge on any atom is 0 e. The minimum atomic E-state index is 0. The molecule has 0 bridgehead atoms. The van der Waals surface area contributed by atoms with E-state index in [4.69, 9.17) is 0 Å². The van der Waals surface area contributed by atoms with E-state index in [0.29, 0.717) is 0 Å². The van der Waals surface area contributed by atoms with E-state index in [1.807, 2.05) is 0 Å². The Morgan fingerprint density at radius 2 is 1.25 bits per heavy atom. The van der Waals surface area contributed by atoms with Crippen LogP contribution in [0.2, 0.25) is 0 Å². The average Bonchev–Trinajstić information content (AvgIpc) is 1.00. The van der Waals surface area contributed by atoms with Gasteiger partial charge >= 0.3 is 31.3 Å². The molecule has 0 rings (SSSR count). The van der Waals surface area contributed by atoms with E-state index in [1.165, 1.54) is 13.6 Å². The van der Waals surface area contributed by atoms with Gasteiger partial charge in [-0.15, -0.1) is 0 Å². The zero-order chi connectivity index (χ0) is 2.00. The Hall–Kier alpha value is 2.23. The van der Waals surface area contributed by atoms with Gasteiger partial charge in [0.2, 0.25) is 0 Å². The minimum absolute atomic E-state index is 0. The van der Waals surface area contributed by atoms with E-state index < -0.39 is 0 Å². The second-order valence-corrected chi connectivity index (χ2v) is 0. The fourth-order valence-electron chi connectivity index (χ4n) is 0. The number of hydrogen-bond acceptors (Lipinski definition) is 0. The first-order valence-corrected chi connectivity index (χ1v) is 7.25. The molecule has 4 heteroatoms. The molecular formula is H2AlFeMoNi. The fourth-order valence-corrected chi connectivity index (χ4v) is 0. The zero-order valence-electron chi connectivity index (χ0n) is 2.08. The van der Waals surface area contributed by atoms with Gasteiger partial charge in [-0.1, -0.05) is 0 Å². The summed E-state index contributed by atoms with van der Waals surface area (Å²) < 4.78 is 0. The van der Waals surface area contributed by atoms with E-state index >= 15 is 0 Å². The molecule has 0 aliphatic heterocycles. The summed E-state index contributed by atoms with van der Waals surface area (Å²) in [5, 5.41) is 0. The van der Waals surface area contributed by atoms with E-state index in [2.05, 4.69) is 17.7 Å². The van der Waals surface area contributed by atoms with Crippen LogP contribution in [0.3, 0.4) is 0 Å². The monoisotopic (exact) mass is 241 g/mol. The molecule has 0 fully saturated rings. The van der Waals surface area contributed by atoms with Crippen LogP contribution in [0.4, 0.5) is 0 Å². The molecule has 0 N–H and O–H groups in total. The summed E-state index contributed by atoms with van der Waals surface area (Å²) >= 11 is 3.40. The van der Waals surface area contributed by atoms with Gasteiger partial charge in [0, 0.05) is 33.6 Å². The molecule has 0 spiro atoms. The Morgan fingerprint density at radius 1 is 1.25 bits per heavy atom. The van der Waals surface area contributed by atoms with Crippen molar-refractivity contribution in [3.05, 3.63) is 0 Å². The summed E-state index contributed by atoms with van der Waals surface area (Å²) in [6.45, 7) is 0. The molecule has 0 aliphatic carbocycles. The van der Waals surface area contributed by atoms with Gasteiger partial charge in [0.25, 0.3) is 0 Å². The van der Waals surface area contributed by atoms with Crippen molar-refractivity contribution < 1.29 is 51.2 Å². The fraction of sp³-hybridized carbons (Fsp3) is 0. The van der Waals surface area contributed by atoms with E-state index in [1.54, 1.807) is 0 Å². The normalized spacial score (nSPS) is 1.00. The van der Waals surface area contributed by atoms with E-state index in [9.17, 15) is 0 Å². The second-order valence-electron chi connectivity index (χ2n) is 0. The second kappa shape index (κ2) is 18.8. The summed E-state index contributed by atoms with van der Waals surface area (Å²) in [4.78, 5) is 0. The van der Waals surface area contributed by atoms with Gasteiger partial charge in [0.05, 0.1) is 0 Å². The quantitative estimate of drug-likeness (QED) is 0.480. The third-order valence-corrected chi connectivity index (χ3v) is 0. The minimum Gasteiger partial charge on any atom is 0 e. The van der Waals surface area contributed by atoms with Crippen LogP contribution in [0.15, 0.2) is 0 Å². The molecule has 0 saturated heterocycles. The Labute approximate surface area is 64.1 Å². The van der Waals surface area contributed by atoms with Gasteiger partial charge < -0.3 is 0 Å². The van der Waals surface area contributed by atoms with Crippen molar-refractivity contribution in [1.82, 2.24) is 0 Å². The van der Waals surface area contributed by atoms with E-state index in [0.717, 1.165) is 0 Å². The third-order valence-electron chi connectivity index (χ3n) is 0. The first-order valence-electron chi connectivity index (χ1n) is 0.408. The molecule has 0 heterocycles. The van der Waals surface area contributed by atoms with Crippen LogP contribution in [-0.4, -0.2) is 13.6 Å². The number of rotatable bonds is 0. The molecule has 0 saturated carbocycles. The Bertz CT molecular complexity index is 8.00. The summed E-state index contributed by atoms with van der Waals surface area (Å²) in [7, 11) is 0. The molecule has 0 amide bonds. The molecule has 0 aromatic heterocycles. The largest absolute Gasteiger partial charge is 0 e. The summed E-state index contributed by atoms with van der Waals surface area (Å²) in [6.07, 6.45) is 0. The van der Waals surface area contributed by atoms with Crippen LogP contribution in [-0.2, 0) is 51.2 Å². The molecule has 0 radical (unpaired) electrons. The summed E-state index contributed by atoms with van der Waals surface area (Å²) in [6, 6.07) is 0. The van der Waals surface area contributed by atoms with Crippen molar-refractivity contribution >= 4 is 13.6 Å². The predicted octanol–water partition coefficient (Wildman–Crippen LogP) is -0.924. The molecule has 29 valence electrons. The van der Waals surface area contributed by atoms with Crippen molar-refractivity contribution in [2.75, 3.05) is 0 Å². The molecule has 0 aromatic rings. The maximum atomic E-state index is 2.09. The van der Waals surface area contributed by atoms with Gasteiger partial charge in [-0.05, 0) is 0 Å². The first-order chi connectivity index (χ1) is 1.00. The van der Waals surface area contributed by atoms with Crippen LogP contribution in [0, 0.1) is 0 Å². The van der Waals surface area contributed by atoms with Crippen molar-refractivity contribution in [3.8, 4) is 0 Å². The van der Waals surface area contributed by atoms with Crippen molar-refractivity contribution in [3.63, 3.8) is 0 Å². The smallest absolute Gasteiger partial charge is 0 e. The number of hydrogen-bond donors (Lipinski definition) is 0. The molecule has 0 nitrogen and oxygen atoms in total. The summed E-state index contributed by atoms with van der Waals surface area (Å²) in [5.41, 5.74) is 0. The van der Waals surface area contributed by atoms with Crippen LogP contribution in [0.25, 0.3) is 0 Å². The maximum absolute atomic E-state index is 2.09.